The van der Waals surface area contributed by atoms with Crippen LogP contribution < -0.4 is 10.1 Å². The van der Waals surface area contributed by atoms with Crippen molar-refractivity contribution in [2.24, 2.45) is 0 Å². The van der Waals surface area contributed by atoms with E-state index in [0.29, 0.717) is 28.4 Å². The highest BCUT2D eigenvalue weighted by Gasteiger charge is 2.11. The molecular formula is C25H20Br2N2O3. The molecule has 0 saturated heterocycles. The minimum absolute atomic E-state index is 0.264. The van der Waals surface area contributed by atoms with Gasteiger partial charge >= 0.3 is 0 Å². The summed E-state index contributed by atoms with van der Waals surface area (Å²) in [6.45, 7) is 4.13. The number of benzene rings is 3. The van der Waals surface area contributed by atoms with Crippen LogP contribution in [0.4, 0.5) is 5.69 Å². The second kappa shape index (κ2) is 9.30. The Hall–Kier alpha value is -2.90. The van der Waals surface area contributed by atoms with Gasteiger partial charge in [-0.15, -0.1) is 0 Å². The topological polar surface area (TPSA) is 64.4 Å². The van der Waals surface area contributed by atoms with Gasteiger partial charge in [-0.3, -0.25) is 4.79 Å². The molecule has 162 valence electrons. The summed E-state index contributed by atoms with van der Waals surface area (Å²) in [5, 5.41) is 2.86. The quantitative estimate of drug-likeness (QED) is 0.262. The molecule has 0 atom stereocenters. The molecule has 5 nitrogen and oxygen atoms in total. The summed E-state index contributed by atoms with van der Waals surface area (Å²) in [6, 6.07) is 15.3. The number of ether oxygens (including phenoxy) is 1. The molecule has 0 spiro atoms. The zero-order chi connectivity index (χ0) is 22.8. The predicted molar refractivity (Wildman–Crippen MR) is 135 cm³/mol. The highest BCUT2D eigenvalue weighted by atomic mass is 79.9. The Kier molecular flexibility index (Phi) is 6.48. The molecule has 1 N–H and O–H groups in total. The van der Waals surface area contributed by atoms with E-state index in [1.807, 2.05) is 18.2 Å². The van der Waals surface area contributed by atoms with Gasteiger partial charge in [0.05, 0.1) is 11.6 Å². The molecule has 4 rings (SSSR count). The number of nitrogens with one attached hydrogen (secondary N) is 1. The van der Waals surface area contributed by atoms with Crippen molar-refractivity contribution in [3.63, 3.8) is 0 Å². The van der Waals surface area contributed by atoms with E-state index in [9.17, 15) is 4.79 Å². The van der Waals surface area contributed by atoms with Crippen LogP contribution in [0.15, 0.2) is 68.0 Å². The lowest BCUT2D eigenvalue weighted by atomic mass is 10.1. The van der Waals surface area contributed by atoms with E-state index < -0.39 is 0 Å². The molecule has 0 aliphatic carbocycles. The number of carbonyl (C=O) groups is 1. The van der Waals surface area contributed by atoms with E-state index >= 15 is 0 Å². The molecule has 0 unspecified atom stereocenters. The van der Waals surface area contributed by atoms with Crippen molar-refractivity contribution >= 4 is 60.6 Å². The fraction of sp³-hybridized carbons (Fsp3) is 0.120. The second-order valence-corrected chi connectivity index (χ2v) is 9.10. The van der Waals surface area contributed by atoms with Crippen LogP contribution in [0.5, 0.6) is 5.75 Å². The molecule has 1 amide bonds. The molecule has 0 radical (unpaired) electrons. The summed E-state index contributed by atoms with van der Waals surface area (Å²) < 4.78 is 13.0. The Labute approximate surface area is 202 Å². The van der Waals surface area contributed by atoms with E-state index in [-0.39, 0.29) is 5.91 Å². The number of oxazole rings is 1. The Morgan fingerprint density at radius 3 is 2.62 bits per heavy atom. The Bertz CT molecular complexity index is 1360. The first-order chi connectivity index (χ1) is 15.3. The van der Waals surface area contributed by atoms with Crippen LogP contribution in [0.25, 0.3) is 28.6 Å². The first-order valence-corrected chi connectivity index (χ1v) is 11.4. The largest absolute Gasteiger partial charge is 0.495 e. The molecule has 3 aromatic carbocycles. The molecular weight excluding hydrogens is 536 g/mol. The minimum atomic E-state index is -0.264. The number of hydrogen-bond donors (Lipinski definition) is 1. The lowest BCUT2D eigenvalue weighted by molar-refractivity contribution is -0.111. The van der Waals surface area contributed by atoms with Crippen molar-refractivity contribution in [1.82, 2.24) is 4.98 Å². The summed E-state index contributed by atoms with van der Waals surface area (Å²) in [6.07, 6.45) is 3.17. The maximum Gasteiger partial charge on any atom is 0.248 e. The number of rotatable bonds is 5. The van der Waals surface area contributed by atoms with Crippen LogP contribution in [0.3, 0.4) is 0 Å². The van der Waals surface area contributed by atoms with Gasteiger partial charge in [-0.25, -0.2) is 4.98 Å². The SMILES string of the molecule is COc1c(Br)cc(Br)cc1/C=C/C(=O)Nc1ccc2oc(-c3ccc(C)c(C)c3)nc2c1. The van der Waals surface area contributed by atoms with Crippen LogP contribution >= 0.6 is 31.9 Å². The lowest BCUT2D eigenvalue weighted by Crippen LogP contribution is -2.07. The van der Waals surface area contributed by atoms with Gasteiger partial charge in [0.2, 0.25) is 11.8 Å². The molecule has 0 bridgehead atoms. The smallest absolute Gasteiger partial charge is 0.248 e. The summed E-state index contributed by atoms with van der Waals surface area (Å²) >= 11 is 6.91. The Morgan fingerprint density at radius 2 is 1.88 bits per heavy atom. The molecule has 0 saturated carbocycles. The molecule has 0 aliphatic rings. The number of amides is 1. The number of carbonyl (C=O) groups excluding carboxylic acids is 1. The highest BCUT2D eigenvalue weighted by molar-refractivity contribution is 9.11. The van der Waals surface area contributed by atoms with Crippen molar-refractivity contribution in [1.29, 1.82) is 0 Å². The number of methoxy groups -OCH3 is 1. The fourth-order valence-electron chi connectivity index (χ4n) is 3.27. The van der Waals surface area contributed by atoms with Gasteiger partial charge in [0.25, 0.3) is 0 Å². The molecule has 32 heavy (non-hydrogen) atoms. The van der Waals surface area contributed by atoms with Gasteiger partial charge in [0, 0.05) is 27.4 Å². The first-order valence-electron chi connectivity index (χ1n) is 9.84. The fourth-order valence-corrected chi connectivity index (χ4v) is 4.69. The highest BCUT2D eigenvalue weighted by Crippen LogP contribution is 2.33. The number of aryl methyl sites for hydroxylation is 2. The number of aromatic nitrogens is 1. The minimum Gasteiger partial charge on any atom is -0.495 e. The maximum atomic E-state index is 12.5. The average Bonchev–Trinajstić information content (AvgIpc) is 3.17. The van der Waals surface area contributed by atoms with Crippen molar-refractivity contribution in [3.05, 3.63) is 80.2 Å². The predicted octanol–water partition coefficient (Wildman–Crippen LogP) is 7.30. The second-order valence-electron chi connectivity index (χ2n) is 7.33. The van der Waals surface area contributed by atoms with Gasteiger partial charge in [0.15, 0.2) is 5.58 Å². The van der Waals surface area contributed by atoms with Crippen LogP contribution in [-0.2, 0) is 4.79 Å². The number of hydrogen-bond acceptors (Lipinski definition) is 4. The van der Waals surface area contributed by atoms with Crippen LogP contribution in [0, 0.1) is 13.8 Å². The Balaban J connectivity index is 1.54. The third-order valence-electron chi connectivity index (χ3n) is 5.06. The summed E-state index contributed by atoms with van der Waals surface area (Å²) in [4.78, 5) is 17.1. The molecule has 0 aliphatic heterocycles. The van der Waals surface area contributed by atoms with Gasteiger partial charge < -0.3 is 14.5 Å². The monoisotopic (exact) mass is 554 g/mol. The molecule has 4 aromatic rings. The van der Waals surface area contributed by atoms with Crippen molar-refractivity contribution in [2.45, 2.75) is 13.8 Å². The van der Waals surface area contributed by atoms with Crippen molar-refractivity contribution < 1.29 is 13.9 Å². The third-order valence-corrected chi connectivity index (χ3v) is 6.11. The summed E-state index contributed by atoms with van der Waals surface area (Å²) in [7, 11) is 1.59. The van der Waals surface area contributed by atoms with Crippen molar-refractivity contribution in [2.75, 3.05) is 12.4 Å². The Morgan fingerprint density at radius 1 is 1.06 bits per heavy atom. The number of fused-ring (bicyclic) bond motifs is 1. The average molecular weight is 556 g/mol. The zero-order valence-electron chi connectivity index (χ0n) is 17.7. The van der Waals surface area contributed by atoms with Gasteiger partial charge in [-0.05, 0) is 89.4 Å². The van der Waals surface area contributed by atoms with Crippen LogP contribution in [0.2, 0.25) is 0 Å². The van der Waals surface area contributed by atoms with E-state index in [1.165, 1.54) is 17.2 Å². The molecule has 1 heterocycles. The van der Waals surface area contributed by atoms with Gasteiger partial charge in [0.1, 0.15) is 11.3 Å². The number of halogens is 2. The summed E-state index contributed by atoms with van der Waals surface area (Å²) in [5.74, 6) is 0.944. The summed E-state index contributed by atoms with van der Waals surface area (Å²) in [5.41, 5.74) is 6.07. The molecule has 0 fully saturated rings. The van der Waals surface area contributed by atoms with Gasteiger partial charge in [-0.2, -0.15) is 0 Å². The van der Waals surface area contributed by atoms with E-state index in [4.69, 9.17) is 9.15 Å². The normalized spacial score (nSPS) is 11.3. The van der Waals surface area contributed by atoms with Crippen LogP contribution in [0.1, 0.15) is 16.7 Å². The number of nitrogens with zero attached hydrogens (tertiary/aromatic N) is 1. The van der Waals surface area contributed by atoms with E-state index in [2.05, 4.69) is 68.1 Å². The van der Waals surface area contributed by atoms with E-state index in [1.54, 1.807) is 31.4 Å². The third kappa shape index (κ3) is 4.79. The van der Waals surface area contributed by atoms with E-state index in [0.717, 1.165) is 20.1 Å². The van der Waals surface area contributed by atoms with Gasteiger partial charge in [-0.1, -0.05) is 22.0 Å². The standard InChI is InChI=1S/C25H20Br2N2O3/c1-14-4-5-17(10-15(14)2)25-29-21-13-19(7-8-22(21)32-25)28-23(30)9-6-16-11-18(26)12-20(27)24(16)31-3/h4-13H,1-3H3,(H,28,30)/b9-6+. The lowest BCUT2D eigenvalue weighted by Gasteiger charge is -2.08. The first kappa shape index (κ1) is 22.3. The number of anilines is 1. The molecule has 1 aromatic heterocycles. The molecule has 7 heteroatoms. The zero-order valence-corrected chi connectivity index (χ0v) is 20.9. The maximum absolute atomic E-state index is 12.5. The van der Waals surface area contributed by atoms with Crippen molar-refractivity contribution in [3.8, 4) is 17.2 Å². The van der Waals surface area contributed by atoms with Crippen LogP contribution in [-0.4, -0.2) is 18.0 Å².